The molecule has 2 saturated heterocycles. The van der Waals surface area contributed by atoms with E-state index < -0.39 is 11.6 Å². The van der Waals surface area contributed by atoms with Gasteiger partial charge in [0.05, 0.1) is 0 Å². The third-order valence-corrected chi connectivity index (χ3v) is 7.66. The van der Waals surface area contributed by atoms with Crippen LogP contribution in [-0.2, 0) is 11.3 Å². The van der Waals surface area contributed by atoms with Crippen LogP contribution in [0.3, 0.4) is 0 Å². The molecule has 9 nitrogen and oxygen atoms in total. The molecule has 0 aliphatic carbocycles. The number of carbonyl (C=O) groups is 1. The summed E-state index contributed by atoms with van der Waals surface area (Å²) in [4.78, 5) is 17.0. The van der Waals surface area contributed by atoms with Crippen molar-refractivity contribution < 1.29 is 13.6 Å². The molecule has 2 N–H and O–H groups in total. The summed E-state index contributed by atoms with van der Waals surface area (Å²) in [7, 11) is 0. The average Bonchev–Trinajstić information content (AvgIpc) is 3.53. The molecular formula is C25H30F2N8OS. The van der Waals surface area contributed by atoms with Crippen molar-refractivity contribution in [2.24, 2.45) is 5.92 Å². The van der Waals surface area contributed by atoms with Crippen LogP contribution < -0.4 is 15.5 Å². The Balaban J connectivity index is 1.08. The zero-order chi connectivity index (χ0) is 25.8. The van der Waals surface area contributed by atoms with Gasteiger partial charge in [-0.1, -0.05) is 11.3 Å². The summed E-state index contributed by atoms with van der Waals surface area (Å²) in [6.07, 6.45) is 4.84. The van der Waals surface area contributed by atoms with Gasteiger partial charge in [-0.05, 0) is 68.5 Å². The lowest BCUT2D eigenvalue weighted by atomic mass is 9.94. The van der Waals surface area contributed by atoms with Gasteiger partial charge in [0, 0.05) is 50.4 Å². The normalized spacial score (nSPS) is 20.2. The summed E-state index contributed by atoms with van der Waals surface area (Å²) in [6, 6.07) is 6.83. The monoisotopic (exact) mass is 528 g/mol. The highest BCUT2D eigenvalue weighted by Gasteiger charge is 2.26. The Kier molecular flexibility index (Phi) is 7.85. The van der Waals surface area contributed by atoms with E-state index >= 15 is 0 Å². The van der Waals surface area contributed by atoms with Crippen molar-refractivity contribution >= 4 is 33.3 Å². The molecule has 0 unspecified atom stereocenters. The van der Waals surface area contributed by atoms with E-state index in [0.717, 1.165) is 44.7 Å². The Morgan fingerprint density at radius 3 is 2.70 bits per heavy atom. The zero-order valence-corrected chi connectivity index (χ0v) is 21.5. The molecule has 1 aromatic carbocycles. The number of amides is 1. The van der Waals surface area contributed by atoms with Gasteiger partial charge in [0.15, 0.2) is 5.82 Å². The van der Waals surface area contributed by atoms with Crippen LogP contribution in [0.1, 0.15) is 36.8 Å². The van der Waals surface area contributed by atoms with Gasteiger partial charge in [0.25, 0.3) is 0 Å². The van der Waals surface area contributed by atoms with Crippen molar-refractivity contribution in [3.05, 3.63) is 53.2 Å². The average molecular weight is 529 g/mol. The van der Waals surface area contributed by atoms with E-state index in [9.17, 15) is 13.6 Å². The summed E-state index contributed by atoms with van der Waals surface area (Å²) in [5.41, 5.74) is 0.654. The number of rotatable bonds is 8. The van der Waals surface area contributed by atoms with E-state index in [-0.39, 0.29) is 23.4 Å². The minimum absolute atomic E-state index is 0.0409. The van der Waals surface area contributed by atoms with Gasteiger partial charge >= 0.3 is 0 Å². The largest absolute Gasteiger partial charge is 0.355 e. The molecule has 3 aromatic rings. The van der Waals surface area contributed by atoms with Crippen molar-refractivity contribution in [2.75, 3.05) is 41.7 Å². The third-order valence-electron chi connectivity index (χ3n) is 6.89. The molecular weight excluding hydrogens is 498 g/mol. The molecule has 2 aliphatic heterocycles. The fourth-order valence-electron chi connectivity index (χ4n) is 5.00. The van der Waals surface area contributed by atoms with Crippen molar-refractivity contribution in [1.29, 1.82) is 0 Å². The highest BCUT2D eigenvalue weighted by Crippen LogP contribution is 2.26. The predicted octanol–water partition coefficient (Wildman–Crippen LogP) is 3.85. The second-order valence-corrected chi connectivity index (χ2v) is 10.7. The van der Waals surface area contributed by atoms with E-state index in [1.165, 1.54) is 30.4 Å². The number of carbonyl (C=O) groups excluding carboxylic acids is 1. The SMILES string of the molecule is Cc1c(F)cc(CN2CCC[C@@H](CC(=O)Nc3nnc(N[C@@H]4CCN(c5cccnn5)C4)s3)C2)cc1F. The third kappa shape index (κ3) is 6.55. The molecule has 5 rings (SSSR count). The molecule has 4 heterocycles. The molecule has 2 aliphatic rings. The first-order chi connectivity index (χ1) is 17.9. The highest BCUT2D eigenvalue weighted by molar-refractivity contribution is 7.19. The fraction of sp³-hybridized carbons (Fsp3) is 0.480. The molecule has 0 saturated carbocycles. The second kappa shape index (κ2) is 11.4. The molecule has 1 amide bonds. The van der Waals surface area contributed by atoms with Crippen LogP contribution in [0, 0.1) is 24.5 Å². The second-order valence-electron chi connectivity index (χ2n) is 9.75. The maximum absolute atomic E-state index is 13.9. The first-order valence-corrected chi connectivity index (χ1v) is 13.3. The van der Waals surface area contributed by atoms with Crippen LogP contribution in [0.2, 0.25) is 0 Å². The first kappa shape index (κ1) is 25.4. The molecule has 2 aromatic heterocycles. The van der Waals surface area contributed by atoms with Gasteiger partial charge in [-0.25, -0.2) is 8.78 Å². The smallest absolute Gasteiger partial charge is 0.226 e. The molecule has 37 heavy (non-hydrogen) atoms. The lowest BCUT2D eigenvalue weighted by Crippen LogP contribution is -2.36. The predicted molar refractivity (Wildman–Crippen MR) is 139 cm³/mol. The number of anilines is 3. The lowest BCUT2D eigenvalue weighted by molar-refractivity contribution is -0.117. The van der Waals surface area contributed by atoms with Gasteiger partial charge in [-0.3, -0.25) is 9.69 Å². The number of nitrogens with zero attached hydrogens (tertiary/aromatic N) is 6. The zero-order valence-electron chi connectivity index (χ0n) is 20.7. The van der Waals surface area contributed by atoms with Crippen LogP contribution in [0.25, 0.3) is 0 Å². The number of hydrogen-bond acceptors (Lipinski definition) is 9. The number of piperidine rings is 1. The van der Waals surface area contributed by atoms with Crippen LogP contribution in [0.4, 0.5) is 24.9 Å². The van der Waals surface area contributed by atoms with Crippen molar-refractivity contribution in [2.45, 2.75) is 45.2 Å². The molecule has 0 bridgehead atoms. The van der Waals surface area contributed by atoms with Crippen molar-refractivity contribution in [1.82, 2.24) is 25.3 Å². The van der Waals surface area contributed by atoms with Gasteiger partial charge in [-0.15, -0.1) is 15.3 Å². The molecule has 0 spiro atoms. The maximum Gasteiger partial charge on any atom is 0.226 e. The van der Waals surface area contributed by atoms with Crippen LogP contribution in [0.15, 0.2) is 30.5 Å². The molecule has 2 fully saturated rings. The topological polar surface area (TPSA) is 99.2 Å². The number of aromatic nitrogens is 4. The lowest BCUT2D eigenvalue weighted by Gasteiger charge is -2.32. The van der Waals surface area contributed by atoms with Gasteiger partial charge < -0.3 is 15.5 Å². The summed E-state index contributed by atoms with van der Waals surface area (Å²) < 4.78 is 27.8. The highest BCUT2D eigenvalue weighted by atomic mass is 32.1. The van der Waals surface area contributed by atoms with Crippen molar-refractivity contribution in [3.8, 4) is 0 Å². The fourth-order valence-corrected chi connectivity index (χ4v) is 5.73. The summed E-state index contributed by atoms with van der Waals surface area (Å²) in [6.45, 7) is 5.12. The van der Waals surface area contributed by atoms with Crippen LogP contribution in [-0.4, -0.2) is 63.4 Å². The van der Waals surface area contributed by atoms with E-state index in [1.54, 1.807) is 6.20 Å². The molecule has 196 valence electrons. The number of nitrogens with one attached hydrogen (secondary N) is 2. The Morgan fingerprint density at radius 2 is 1.92 bits per heavy atom. The van der Waals surface area contributed by atoms with Gasteiger partial charge in [-0.2, -0.15) is 5.10 Å². The Labute approximate surface area is 218 Å². The molecule has 2 atom stereocenters. The number of halogens is 2. The first-order valence-electron chi connectivity index (χ1n) is 12.5. The van der Waals surface area contributed by atoms with E-state index in [2.05, 4.69) is 40.8 Å². The van der Waals surface area contributed by atoms with Crippen molar-refractivity contribution in [3.63, 3.8) is 0 Å². The minimum atomic E-state index is -0.524. The molecule has 12 heteroatoms. The molecule has 0 radical (unpaired) electrons. The van der Waals surface area contributed by atoms with Crippen LogP contribution >= 0.6 is 11.3 Å². The standard InChI is InChI=1S/C25H30F2N8OS/c1-16-20(26)10-18(11-21(16)27)14-34-8-3-4-17(13-34)12-23(36)30-25-33-32-24(37-25)29-19-6-9-35(15-19)22-5-2-7-28-31-22/h2,5,7,10-11,17,19H,3-4,6,8-9,12-15H2,1H3,(H,29,32)(H,30,33,36)/t17-,19+/m0/s1. The Hall–Kier alpha value is -3.25. The van der Waals surface area contributed by atoms with Gasteiger partial charge in [0.1, 0.15) is 11.6 Å². The van der Waals surface area contributed by atoms with Crippen LogP contribution in [0.5, 0.6) is 0 Å². The summed E-state index contributed by atoms with van der Waals surface area (Å²) in [5.74, 6) is -0.118. The van der Waals surface area contributed by atoms with E-state index in [1.807, 2.05) is 12.1 Å². The Morgan fingerprint density at radius 1 is 1.11 bits per heavy atom. The van der Waals surface area contributed by atoms with E-state index in [0.29, 0.717) is 35.3 Å². The van der Waals surface area contributed by atoms with E-state index in [4.69, 9.17) is 0 Å². The number of likely N-dealkylation sites (tertiary alicyclic amines) is 1. The Bertz CT molecular complexity index is 1200. The summed E-state index contributed by atoms with van der Waals surface area (Å²) in [5, 5.41) is 23.8. The number of hydrogen-bond donors (Lipinski definition) is 2. The number of benzene rings is 1. The van der Waals surface area contributed by atoms with Gasteiger partial charge in [0.2, 0.25) is 16.2 Å². The quantitative estimate of drug-likeness (QED) is 0.455. The minimum Gasteiger partial charge on any atom is -0.355 e. The summed E-state index contributed by atoms with van der Waals surface area (Å²) >= 11 is 1.32. The maximum atomic E-state index is 13.9.